The van der Waals surface area contributed by atoms with Crippen LogP contribution in [0.1, 0.15) is 34.3 Å². The Labute approximate surface area is 83.9 Å². The van der Waals surface area contributed by atoms with Crippen molar-refractivity contribution in [1.29, 1.82) is 0 Å². The first kappa shape index (κ1) is 10.6. The van der Waals surface area contributed by atoms with Gasteiger partial charge in [0.15, 0.2) is 5.78 Å². The summed E-state index contributed by atoms with van der Waals surface area (Å²) in [6.45, 7) is 3.92. The Bertz CT molecular complexity index is 333. The minimum absolute atomic E-state index is 0.0453. The van der Waals surface area contributed by atoms with Gasteiger partial charge in [0.25, 0.3) is 0 Å². The quantitative estimate of drug-likeness (QED) is 0.540. The zero-order valence-electron chi connectivity index (χ0n) is 8.54. The second-order valence-electron chi connectivity index (χ2n) is 3.50. The van der Waals surface area contributed by atoms with Gasteiger partial charge in [-0.1, -0.05) is 17.2 Å². The highest BCUT2D eigenvalue weighted by Gasteiger charge is 2.05. The van der Waals surface area contributed by atoms with Crippen molar-refractivity contribution in [3.8, 4) is 0 Å². The monoisotopic (exact) mass is 190 g/mol. The molecule has 0 unspecified atom stereocenters. The molecule has 74 valence electrons. The molecule has 14 heavy (non-hydrogen) atoms. The summed E-state index contributed by atoms with van der Waals surface area (Å²) in [5.41, 5.74) is 2.88. The summed E-state index contributed by atoms with van der Waals surface area (Å²) in [6, 6.07) is 5.75. The van der Waals surface area contributed by atoms with E-state index in [9.17, 15) is 9.59 Å². The minimum Gasteiger partial charge on any atom is -0.303 e. The highest BCUT2D eigenvalue weighted by atomic mass is 16.1. The largest absolute Gasteiger partial charge is 0.303 e. The van der Waals surface area contributed by atoms with Gasteiger partial charge in [-0.05, 0) is 26.0 Å². The lowest BCUT2D eigenvalue weighted by Crippen LogP contribution is -2.00. The van der Waals surface area contributed by atoms with Crippen LogP contribution in [0.5, 0.6) is 0 Å². The van der Waals surface area contributed by atoms with Crippen molar-refractivity contribution in [3.63, 3.8) is 0 Å². The minimum atomic E-state index is 0.0453. The fraction of sp³-hybridized carbons (Fsp3) is 0.333. The number of hydrogen-bond donors (Lipinski definition) is 0. The van der Waals surface area contributed by atoms with Crippen LogP contribution in [0, 0.1) is 13.8 Å². The smallest absolute Gasteiger partial charge is 0.163 e. The molecule has 1 aromatic carbocycles. The first-order chi connectivity index (χ1) is 6.63. The summed E-state index contributed by atoms with van der Waals surface area (Å²) in [5, 5.41) is 0. The van der Waals surface area contributed by atoms with Crippen LogP contribution in [0.3, 0.4) is 0 Å². The molecule has 0 saturated heterocycles. The lowest BCUT2D eigenvalue weighted by atomic mass is 10.0. The van der Waals surface area contributed by atoms with Crippen LogP contribution in [-0.4, -0.2) is 12.1 Å². The second kappa shape index (κ2) is 4.70. The average molecular weight is 190 g/mol. The average Bonchev–Trinajstić information content (AvgIpc) is 2.12. The lowest BCUT2D eigenvalue weighted by molar-refractivity contribution is -0.107. The number of Topliss-reactive ketones (excluding diaryl/α,β-unsaturated/α-hetero) is 1. The Morgan fingerprint density at radius 3 is 2.29 bits per heavy atom. The number of carbonyl (C=O) groups is 2. The molecule has 0 amide bonds. The maximum Gasteiger partial charge on any atom is 0.163 e. The molecule has 0 N–H and O–H groups in total. The van der Waals surface area contributed by atoms with E-state index in [2.05, 4.69) is 0 Å². The molecule has 0 fully saturated rings. The molecule has 0 spiro atoms. The molecular weight excluding hydrogens is 176 g/mol. The number of hydrogen-bond acceptors (Lipinski definition) is 2. The number of rotatable bonds is 4. The summed E-state index contributed by atoms with van der Waals surface area (Å²) in [4.78, 5) is 21.7. The van der Waals surface area contributed by atoms with E-state index >= 15 is 0 Å². The zero-order valence-corrected chi connectivity index (χ0v) is 8.54. The molecule has 0 saturated carbocycles. The third kappa shape index (κ3) is 2.80. The molecule has 0 aliphatic carbocycles. The van der Waals surface area contributed by atoms with E-state index in [1.54, 1.807) is 0 Å². The molecule has 0 heterocycles. The Balaban J connectivity index is 2.84. The van der Waals surface area contributed by atoms with Gasteiger partial charge in [-0.3, -0.25) is 4.79 Å². The number of ketones is 1. The van der Waals surface area contributed by atoms with Crippen molar-refractivity contribution in [3.05, 3.63) is 34.9 Å². The van der Waals surface area contributed by atoms with Crippen LogP contribution < -0.4 is 0 Å². The van der Waals surface area contributed by atoms with Gasteiger partial charge in [0.1, 0.15) is 6.29 Å². The fourth-order valence-electron chi connectivity index (χ4n) is 1.47. The molecule has 1 aromatic rings. The number of aldehydes is 1. The van der Waals surface area contributed by atoms with Crippen LogP contribution in [0.25, 0.3) is 0 Å². The maximum atomic E-state index is 11.5. The molecule has 0 atom stereocenters. The number of aryl methyl sites for hydroxylation is 2. The van der Waals surface area contributed by atoms with E-state index in [-0.39, 0.29) is 5.78 Å². The Morgan fingerprint density at radius 2 is 1.79 bits per heavy atom. The SMILES string of the molecule is Cc1cc(C)cc(C(=O)CCC=O)c1. The van der Waals surface area contributed by atoms with Gasteiger partial charge in [-0.25, -0.2) is 0 Å². The summed E-state index contributed by atoms with van der Waals surface area (Å²) in [6.07, 6.45) is 1.40. The van der Waals surface area contributed by atoms with Crippen LogP contribution in [0.4, 0.5) is 0 Å². The third-order valence-corrected chi connectivity index (χ3v) is 2.03. The Hall–Kier alpha value is -1.44. The molecule has 0 aliphatic rings. The van der Waals surface area contributed by atoms with Gasteiger partial charge in [-0.15, -0.1) is 0 Å². The highest BCUT2D eigenvalue weighted by Crippen LogP contribution is 2.11. The van der Waals surface area contributed by atoms with Crippen molar-refractivity contribution in [2.75, 3.05) is 0 Å². The standard InChI is InChI=1S/C12H14O2/c1-9-6-10(2)8-11(7-9)12(14)4-3-5-13/h5-8H,3-4H2,1-2H3. The summed E-state index contributed by atoms with van der Waals surface area (Å²) in [5.74, 6) is 0.0453. The van der Waals surface area contributed by atoms with Gasteiger partial charge in [0.2, 0.25) is 0 Å². The Morgan fingerprint density at radius 1 is 1.21 bits per heavy atom. The number of carbonyl (C=O) groups excluding carboxylic acids is 2. The summed E-state index contributed by atoms with van der Waals surface area (Å²) in [7, 11) is 0. The van der Waals surface area contributed by atoms with Crippen LogP contribution in [0.2, 0.25) is 0 Å². The third-order valence-electron chi connectivity index (χ3n) is 2.03. The van der Waals surface area contributed by atoms with Gasteiger partial charge in [0, 0.05) is 18.4 Å². The summed E-state index contributed by atoms with van der Waals surface area (Å²) >= 11 is 0. The fourth-order valence-corrected chi connectivity index (χ4v) is 1.47. The zero-order chi connectivity index (χ0) is 10.6. The van der Waals surface area contributed by atoms with Gasteiger partial charge in [-0.2, -0.15) is 0 Å². The van der Waals surface area contributed by atoms with E-state index in [1.165, 1.54) is 0 Å². The van der Waals surface area contributed by atoms with Crippen molar-refractivity contribution in [2.45, 2.75) is 26.7 Å². The molecule has 2 heteroatoms. The maximum absolute atomic E-state index is 11.5. The van der Waals surface area contributed by atoms with Crippen LogP contribution in [-0.2, 0) is 4.79 Å². The number of benzene rings is 1. The summed E-state index contributed by atoms with van der Waals surface area (Å²) < 4.78 is 0. The predicted molar refractivity (Wildman–Crippen MR) is 55.5 cm³/mol. The normalized spacial score (nSPS) is 9.86. The van der Waals surface area contributed by atoms with Gasteiger partial charge >= 0.3 is 0 Å². The van der Waals surface area contributed by atoms with Crippen molar-refractivity contribution >= 4 is 12.1 Å². The van der Waals surface area contributed by atoms with E-state index in [4.69, 9.17) is 0 Å². The lowest BCUT2D eigenvalue weighted by Gasteiger charge is -2.02. The molecule has 2 nitrogen and oxygen atoms in total. The van der Waals surface area contributed by atoms with Crippen LogP contribution in [0.15, 0.2) is 18.2 Å². The molecule has 0 radical (unpaired) electrons. The highest BCUT2D eigenvalue weighted by molar-refractivity contribution is 5.97. The predicted octanol–water partition coefficient (Wildman–Crippen LogP) is 2.47. The topological polar surface area (TPSA) is 34.1 Å². The molecular formula is C12H14O2. The van der Waals surface area contributed by atoms with Crippen LogP contribution >= 0.6 is 0 Å². The molecule has 0 aliphatic heterocycles. The van der Waals surface area contributed by atoms with Gasteiger partial charge in [0.05, 0.1) is 0 Å². The second-order valence-corrected chi connectivity index (χ2v) is 3.50. The van der Waals surface area contributed by atoms with E-state index in [0.717, 1.165) is 17.4 Å². The molecule has 1 rings (SSSR count). The van der Waals surface area contributed by atoms with E-state index < -0.39 is 0 Å². The first-order valence-electron chi connectivity index (χ1n) is 4.68. The van der Waals surface area contributed by atoms with E-state index in [1.807, 2.05) is 32.0 Å². The molecule has 0 aromatic heterocycles. The van der Waals surface area contributed by atoms with Crippen molar-refractivity contribution in [2.24, 2.45) is 0 Å². The molecule has 0 bridgehead atoms. The van der Waals surface area contributed by atoms with Gasteiger partial charge < -0.3 is 4.79 Å². The first-order valence-corrected chi connectivity index (χ1v) is 4.68. The Kier molecular flexibility index (Phi) is 3.57. The van der Waals surface area contributed by atoms with Crippen molar-refractivity contribution < 1.29 is 9.59 Å². The van der Waals surface area contributed by atoms with Crippen molar-refractivity contribution in [1.82, 2.24) is 0 Å². The van der Waals surface area contributed by atoms with E-state index in [0.29, 0.717) is 18.4 Å².